The molecule has 0 radical (unpaired) electrons. The highest BCUT2D eigenvalue weighted by atomic mass is 19.3. The van der Waals surface area contributed by atoms with Crippen molar-refractivity contribution in [3.8, 4) is 5.75 Å². The molecule has 19 heavy (non-hydrogen) atoms. The molecule has 0 bridgehead atoms. The Morgan fingerprint density at radius 2 is 2.21 bits per heavy atom. The van der Waals surface area contributed by atoms with E-state index in [1.54, 1.807) is 12.1 Å². The van der Waals surface area contributed by atoms with Gasteiger partial charge < -0.3 is 14.8 Å². The maximum absolute atomic E-state index is 12.2. The molecule has 0 amide bonds. The van der Waals surface area contributed by atoms with Gasteiger partial charge in [0.05, 0.1) is 6.10 Å². The largest absolute Gasteiger partial charge is 0.435 e. The fraction of sp³-hybridized carbons (Fsp3) is 0.571. The fourth-order valence-corrected chi connectivity index (χ4v) is 2.33. The van der Waals surface area contributed by atoms with Crippen LogP contribution in [-0.2, 0) is 4.74 Å². The lowest BCUT2D eigenvalue weighted by Gasteiger charge is -2.22. The Kier molecular flexibility index (Phi) is 4.71. The van der Waals surface area contributed by atoms with Crippen molar-refractivity contribution < 1.29 is 18.3 Å². The van der Waals surface area contributed by atoms with Gasteiger partial charge in [0.25, 0.3) is 0 Å². The van der Waals surface area contributed by atoms with E-state index in [2.05, 4.69) is 10.1 Å². The van der Waals surface area contributed by atoms with Crippen LogP contribution in [0.4, 0.5) is 8.78 Å². The maximum atomic E-state index is 12.2. The summed E-state index contributed by atoms with van der Waals surface area (Å²) in [5, 5.41) is 3.46. The van der Waals surface area contributed by atoms with Gasteiger partial charge in [0, 0.05) is 18.7 Å². The molecule has 3 unspecified atom stereocenters. The van der Waals surface area contributed by atoms with Crippen LogP contribution < -0.4 is 10.1 Å². The zero-order valence-corrected chi connectivity index (χ0v) is 11.1. The average Bonchev–Trinajstić information content (AvgIpc) is 2.74. The minimum absolute atomic E-state index is 0.0652. The summed E-state index contributed by atoms with van der Waals surface area (Å²) in [7, 11) is 0. The lowest BCUT2D eigenvalue weighted by Crippen LogP contribution is -2.36. The Labute approximate surface area is 111 Å². The SMILES string of the molecule is CC(NC1CCOC1C)c1cccc(OC(F)F)c1. The van der Waals surface area contributed by atoms with Crippen molar-refractivity contribution in [1.82, 2.24) is 5.32 Å². The zero-order chi connectivity index (χ0) is 13.8. The fourth-order valence-electron chi connectivity index (χ4n) is 2.33. The van der Waals surface area contributed by atoms with Gasteiger partial charge >= 0.3 is 6.61 Å². The van der Waals surface area contributed by atoms with E-state index in [1.807, 2.05) is 19.9 Å². The highest BCUT2D eigenvalue weighted by Crippen LogP contribution is 2.23. The third kappa shape index (κ3) is 3.88. The predicted molar refractivity (Wildman–Crippen MR) is 68.4 cm³/mol. The van der Waals surface area contributed by atoms with E-state index < -0.39 is 6.61 Å². The Balaban J connectivity index is 2.00. The molecule has 0 saturated carbocycles. The van der Waals surface area contributed by atoms with E-state index in [4.69, 9.17) is 4.74 Å². The molecule has 1 aromatic carbocycles. The van der Waals surface area contributed by atoms with Gasteiger partial charge in [0.1, 0.15) is 5.75 Å². The smallest absolute Gasteiger partial charge is 0.387 e. The van der Waals surface area contributed by atoms with E-state index >= 15 is 0 Å². The minimum Gasteiger partial charge on any atom is -0.435 e. The van der Waals surface area contributed by atoms with E-state index in [1.165, 1.54) is 6.07 Å². The third-order valence-corrected chi connectivity index (χ3v) is 3.42. The molecule has 1 aliphatic heterocycles. The molecule has 106 valence electrons. The molecular formula is C14H19F2NO2. The summed E-state index contributed by atoms with van der Waals surface area (Å²) in [6, 6.07) is 7.16. The molecule has 1 fully saturated rings. The van der Waals surface area contributed by atoms with Crippen LogP contribution in [0, 0.1) is 0 Å². The molecule has 1 heterocycles. The average molecular weight is 271 g/mol. The van der Waals surface area contributed by atoms with Crippen molar-refractivity contribution >= 4 is 0 Å². The second kappa shape index (κ2) is 6.30. The first-order valence-electron chi connectivity index (χ1n) is 6.48. The van der Waals surface area contributed by atoms with E-state index in [0.29, 0.717) is 6.04 Å². The summed E-state index contributed by atoms with van der Waals surface area (Å²) < 4.78 is 34.3. The van der Waals surface area contributed by atoms with Crippen LogP contribution in [0.25, 0.3) is 0 Å². The Bertz CT molecular complexity index is 414. The lowest BCUT2D eigenvalue weighted by molar-refractivity contribution is -0.0499. The summed E-state index contributed by atoms with van der Waals surface area (Å²) in [6.45, 7) is 2.02. The summed E-state index contributed by atoms with van der Waals surface area (Å²) in [4.78, 5) is 0. The van der Waals surface area contributed by atoms with E-state index in [0.717, 1.165) is 18.6 Å². The number of hydrogen-bond donors (Lipinski definition) is 1. The first-order valence-corrected chi connectivity index (χ1v) is 6.48. The Morgan fingerprint density at radius 3 is 2.84 bits per heavy atom. The van der Waals surface area contributed by atoms with Crippen molar-refractivity contribution in [2.75, 3.05) is 6.61 Å². The summed E-state index contributed by atoms with van der Waals surface area (Å²) in [6.07, 6.45) is 1.15. The van der Waals surface area contributed by atoms with Crippen molar-refractivity contribution in [3.05, 3.63) is 29.8 Å². The van der Waals surface area contributed by atoms with Gasteiger partial charge in [-0.1, -0.05) is 12.1 Å². The van der Waals surface area contributed by atoms with Gasteiger partial charge in [-0.05, 0) is 38.0 Å². The molecule has 3 nitrogen and oxygen atoms in total. The molecule has 2 rings (SSSR count). The number of ether oxygens (including phenoxy) is 2. The quantitative estimate of drug-likeness (QED) is 0.892. The molecule has 3 atom stereocenters. The van der Waals surface area contributed by atoms with Gasteiger partial charge in [-0.25, -0.2) is 0 Å². The first kappa shape index (κ1) is 14.2. The molecule has 1 aromatic rings. The van der Waals surface area contributed by atoms with E-state index in [-0.39, 0.29) is 17.9 Å². The van der Waals surface area contributed by atoms with Crippen LogP contribution in [0.1, 0.15) is 31.9 Å². The molecule has 1 N–H and O–H groups in total. The Morgan fingerprint density at radius 1 is 1.42 bits per heavy atom. The van der Waals surface area contributed by atoms with Crippen molar-refractivity contribution in [1.29, 1.82) is 0 Å². The number of nitrogens with one attached hydrogen (secondary N) is 1. The highest BCUT2D eigenvalue weighted by molar-refractivity contribution is 5.30. The molecular weight excluding hydrogens is 252 g/mol. The van der Waals surface area contributed by atoms with Crippen LogP contribution in [0.2, 0.25) is 0 Å². The number of halogens is 2. The number of benzene rings is 1. The minimum atomic E-state index is -2.79. The van der Waals surface area contributed by atoms with Crippen LogP contribution in [-0.4, -0.2) is 25.4 Å². The zero-order valence-electron chi connectivity index (χ0n) is 11.1. The van der Waals surface area contributed by atoms with Gasteiger partial charge in [-0.3, -0.25) is 0 Å². The van der Waals surface area contributed by atoms with Gasteiger partial charge in [-0.15, -0.1) is 0 Å². The second-order valence-electron chi connectivity index (χ2n) is 4.81. The number of rotatable bonds is 5. The summed E-state index contributed by atoms with van der Waals surface area (Å²) >= 11 is 0. The third-order valence-electron chi connectivity index (χ3n) is 3.42. The van der Waals surface area contributed by atoms with Crippen LogP contribution >= 0.6 is 0 Å². The standard InChI is InChI=1S/C14H19F2NO2/c1-9(17-13-6-7-18-10(13)2)11-4-3-5-12(8-11)19-14(15)16/h3-5,8-10,13-14,17H,6-7H2,1-2H3. The predicted octanol–water partition coefficient (Wildman–Crippen LogP) is 3.12. The van der Waals surface area contributed by atoms with Crippen LogP contribution in [0.5, 0.6) is 5.75 Å². The van der Waals surface area contributed by atoms with Gasteiger partial charge in [0.2, 0.25) is 0 Å². The monoisotopic (exact) mass is 271 g/mol. The van der Waals surface area contributed by atoms with Gasteiger partial charge in [-0.2, -0.15) is 8.78 Å². The molecule has 1 saturated heterocycles. The lowest BCUT2D eigenvalue weighted by atomic mass is 10.1. The van der Waals surface area contributed by atoms with E-state index in [9.17, 15) is 8.78 Å². The summed E-state index contributed by atoms with van der Waals surface area (Å²) in [5.74, 6) is 0.192. The second-order valence-corrected chi connectivity index (χ2v) is 4.81. The summed E-state index contributed by atoms with van der Waals surface area (Å²) in [5.41, 5.74) is 0.928. The number of alkyl halides is 2. The number of hydrogen-bond acceptors (Lipinski definition) is 3. The van der Waals surface area contributed by atoms with Crippen molar-refractivity contribution in [2.24, 2.45) is 0 Å². The normalized spacial score (nSPS) is 24.7. The van der Waals surface area contributed by atoms with Crippen LogP contribution in [0.15, 0.2) is 24.3 Å². The van der Waals surface area contributed by atoms with Gasteiger partial charge in [0.15, 0.2) is 0 Å². The molecule has 5 heteroatoms. The van der Waals surface area contributed by atoms with Crippen molar-refractivity contribution in [3.63, 3.8) is 0 Å². The Hall–Kier alpha value is -1.20. The van der Waals surface area contributed by atoms with Crippen LogP contribution in [0.3, 0.4) is 0 Å². The molecule has 0 aromatic heterocycles. The highest BCUT2D eigenvalue weighted by Gasteiger charge is 2.25. The first-order chi connectivity index (χ1) is 9.06. The maximum Gasteiger partial charge on any atom is 0.387 e. The molecule has 1 aliphatic rings. The molecule has 0 spiro atoms. The molecule has 0 aliphatic carbocycles. The van der Waals surface area contributed by atoms with Crippen molar-refractivity contribution in [2.45, 2.75) is 45.1 Å². The topological polar surface area (TPSA) is 30.5 Å².